The zero-order valence-electron chi connectivity index (χ0n) is 15.0. The van der Waals surface area contributed by atoms with Gasteiger partial charge in [0.25, 0.3) is 0 Å². The van der Waals surface area contributed by atoms with Gasteiger partial charge in [-0.3, -0.25) is 0 Å². The second kappa shape index (κ2) is 7.42. The number of thiazole rings is 1. The molecule has 0 aliphatic rings. The van der Waals surface area contributed by atoms with E-state index in [1.165, 1.54) is 23.5 Å². The number of rotatable bonds is 6. The van der Waals surface area contributed by atoms with Crippen LogP contribution in [0.5, 0.6) is 0 Å². The number of sulfonamides is 1. The SMILES string of the molecule is Cc1ccccc1-c1nc2scc(CCNS(=O)(=O)c3ccc(F)cc3)n2n1. The molecular formula is C19H17FN4O2S2. The average Bonchev–Trinajstić information content (AvgIpc) is 3.24. The first-order chi connectivity index (χ1) is 13.4. The summed E-state index contributed by atoms with van der Waals surface area (Å²) in [5, 5.41) is 6.50. The Kier molecular flexibility index (Phi) is 4.96. The van der Waals surface area contributed by atoms with E-state index in [2.05, 4.69) is 14.8 Å². The van der Waals surface area contributed by atoms with Gasteiger partial charge in [0.1, 0.15) is 5.82 Å². The Hall–Kier alpha value is -2.62. The number of aromatic nitrogens is 3. The Labute approximate surface area is 165 Å². The largest absolute Gasteiger partial charge is 0.240 e. The molecule has 2 heterocycles. The molecule has 0 aliphatic carbocycles. The highest BCUT2D eigenvalue weighted by Crippen LogP contribution is 2.23. The summed E-state index contributed by atoms with van der Waals surface area (Å²) in [6.07, 6.45) is 0.455. The van der Waals surface area contributed by atoms with E-state index in [9.17, 15) is 12.8 Å². The predicted octanol–water partition coefficient (Wildman–Crippen LogP) is 3.43. The van der Waals surface area contributed by atoms with Crippen molar-refractivity contribution < 1.29 is 12.8 Å². The lowest BCUT2D eigenvalue weighted by Crippen LogP contribution is -2.26. The Balaban J connectivity index is 1.50. The molecule has 0 saturated carbocycles. The molecule has 0 saturated heterocycles. The highest BCUT2D eigenvalue weighted by molar-refractivity contribution is 7.89. The number of halogens is 1. The average molecular weight is 417 g/mol. The van der Waals surface area contributed by atoms with Crippen LogP contribution >= 0.6 is 11.3 Å². The molecule has 0 atom stereocenters. The first kappa shape index (κ1) is 18.7. The van der Waals surface area contributed by atoms with Gasteiger partial charge in [-0.05, 0) is 36.8 Å². The van der Waals surface area contributed by atoms with Crippen molar-refractivity contribution in [3.8, 4) is 11.4 Å². The molecule has 0 amide bonds. The Morgan fingerprint density at radius 1 is 1.14 bits per heavy atom. The van der Waals surface area contributed by atoms with E-state index in [1.54, 1.807) is 4.52 Å². The molecule has 6 nitrogen and oxygen atoms in total. The third kappa shape index (κ3) is 3.68. The van der Waals surface area contributed by atoms with Crippen LogP contribution in [0, 0.1) is 12.7 Å². The highest BCUT2D eigenvalue weighted by atomic mass is 32.2. The van der Waals surface area contributed by atoms with Crippen LogP contribution in [0.25, 0.3) is 16.3 Å². The number of hydrogen-bond acceptors (Lipinski definition) is 5. The summed E-state index contributed by atoms with van der Waals surface area (Å²) in [7, 11) is -3.69. The molecule has 9 heteroatoms. The molecule has 0 spiro atoms. The van der Waals surface area contributed by atoms with Gasteiger partial charge >= 0.3 is 0 Å². The van der Waals surface area contributed by atoms with E-state index < -0.39 is 15.8 Å². The fourth-order valence-electron chi connectivity index (χ4n) is 2.85. The van der Waals surface area contributed by atoms with Crippen LogP contribution < -0.4 is 4.72 Å². The molecule has 0 bridgehead atoms. The highest BCUT2D eigenvalue weighted by Gasteiger charge is 2.16. The van der Waals surface area contributed by atoms with E-state index in [0.717, 1.165) is 33.9 Å². The van der Waals surface area contributed by atoms with Gasteiger partial charge in [0.05, 0.1) is 10.6 Å². The zero-order chi connectivity index (χ0) is 19.7. The van der Waals surface area contributed by atoms with Crippen molar-refractivity contribution in [3.63, 3.8) is 0 Å². The van der Waals surface area contributed by atoms with Crippen molar-refractivity contribution in [1.29, 1.82) is 0 Å². The lowest BCUT2D eigenvalue weighted by Gasteiger charge is -2.06. The number of nitrogens with zero attached hydrogens (tertiary/aromatic N) is 3. The van der Waals surface area contributed by atoms with Gasteiger partial charge in [-0.2, -0.15) is 4.98 Å². The number of hydrogen-bond donors (Lipinski definition) is 1. The van der Waals surface area contributed by atoms with Crippen LogP contribution in [0.1, 0.15) is 11.3 Å². The van der Waals surface area contributed by atoms with Crippen LogP contribution in [0.3, 0.4) is 0 Å². The molecule has 2 aromatic carbocycles. The maximum atomic E-state index is 13.0. The minimum Gasteiger partial charge on any atom is -0.211 e. The summed E-state index contributed by atoms with van der Waals surface area (Å²) in [5.74, 6) is 0.174. The molecule has 1 N–H and O–H groups in total. The molecule has 2 aromatic heterocycles. The first-order valence-corrected chi connectivity index (χ1v) is 10.9. The smallest absolute Gasteiger partial charge is 0.211 e. The van der Waals surface area contributed by atoms with Crippen LogP contribution in [-0.4, -0.2) is 29.6 Å². The first-order valence-electron chi connectivity index (χ1n) is 8.58. The van der Waals surface area contributed by atoms with Gasteiger partial charge in [0, 0.05) is 23.9 Å². The summed E-state index contributed by atoms with van der Waals surface area (Å²) in [6, 6.07) is 12.6. The molecular weight excluding hydrogens is 399 g/mol. The van der Waals surface area contributed by atoms with Crippen molar-refractivity contribution in [1.82, 2.24) is 19.3 Å². The Bertz CT molecular complexity index is 1230. The van der Waals surface area contributed by atoms with Crippen LogP contribution in [0.2, 0.25) is 0 Å². The normalized spacial score (nSPS) is 11.9. The third-order valence-electron chi connectivity index (χ3n) is 4.33. The maximum Gasteiger partial charge on any atom is 0.240 e. The van der Waals surface area contributed by atoms with Gasteiger partial charge in [0.2, 0.25) is 15.0 Å². The van der Waals surface area contributed by atoms with Crippen molar-refractivity contribution in [3.05, 3.63) is 71.0 Å². The van der Waals surface area contributed by atoms with E-state index in [0.29, 0.717) is 12.2 Å². The van der Waals surface area contributed by atoms with Gasteiger partial charge in [-0.25, -0.2) is 22.0 Å². The van der Waals surface area contributed by atoms with Crippen LogP contribution in [0.4, 0.5) is 4.39 Å². The summed E-state index contributed by atoms with van der Waals surface area (Å²) in [6.45, 7) is 2.21. The van der Waals surface area contributed by atoms with Gasteiger partial charge in [-0.15, -0.1) is 16.4 Å². The standard InChI is InChI=1S/C19H17FN4O2S2/c1-13-4-2-3-5-17(13)18-22-19-24(23-18)15(12-27-19)10-11-21-28(25,26)16-8-6-14(20)7-9-16/h2-9,12,21H,10-11H2,1H3. The Morgan fingerprint density at radius 2 is 1.89 bits per heavy atom. The molecule has 0 fully saturated rings. The van der Waals surface area contributed by atoms with Crippen molar-refractivity contribution in [2.75, 3.05) is 6.54 Å². The summed E-state index contributed by atoms with van der Waals surface area (Å²) in [4.78, 5) is 5.37. The molecule has 4 rings (SSSR count). The molecule has 144 valence electrons. The van der Waals surface area contributed by atoms with E-state index in [-0.39, 0.29) is 11.4 Å². The fourth-order valence-corrected chi connectivity index (χ4v) is 4.73. The molecule has 0 aliphatic heterocycles. The fraction of sp³-hybridized carbons (Fsp3) is 0.158. The number of fused-ring (bicyclic) bond motifs is 1. The minimum atomic E-state index is -3.69. The molecule has 4 aromatic rings. The van der Waals surface area contributed by atoms with E-state index >= 15 is 0 Å². The molecule has 28 heavy (non-hydrogen) atoms. The second-order valence-corrected chi connectivity index (χ2v) is 8.88. The molecule has 0 unspecified atom stereocenters. The Morgan fingerprint density at radius 3 is 2.64 bits per heavy atom. The number of aryl methyl sites for hydroxylation is 1. The summed E-state index contributed by atoms with van der Waals surface area (Å²) >= 11 is 1.46. The summed E-state index contributed by atoms with van der Waals surface area (Å²) in [5.41, 5.74) is 2.94. The van der Waals surface area contributed by atoms with E-state index in [4.69, 9.17) is 0 Å². The lowest BCUT2D eigenvalue weighted by atomic mass is 10.1. The van der Waals surface area contributed by atoms with E-state index in [1.807, 2.05) is 36.6 Å². The van der Waals surface area contributed by atoms with Crippen LogP contribution in [0.15, 0.2) is 58.8 Å². The third-order valence-corrected chi connectivity index (χ3v) is 6.67. The van der Waals surface area contributed by atoms with Gasteiger partial charge < -0.3 is 0 Å². The predicted molar refractivity (Wildman–Crippen MR) is 106 cm³/mol. The number of benzene rings is 2. The second-order valence-electron chi connectivity index (χ2n) is 6.27. The van der Waals surface area contributed by atoms with Gasteiger partial charge in [-0.1, -0.05) is 24.3 Å². The van der Waals surface area contributed by atoms with Crippen molar-refractivity contribution >= 4 is 26.3 Å². The maximum absolute atomic E-state index is 13.0. The van der Waals surface area contributed by atoms with Crippen molar-refractivity contribution in [2.45, 2.75) is 18.2 Å². The lowest BCUT2D eigenvalue weighted by molar-refractivity contribution is 0.580. The van der Waals surface area contributed by atoms with Crippen molar-refractivity contribution in [2.24, 2.45) is 0 Å². The topological polar surface area (TPSA) is 76.4 Å². The minimum absolute atomic E-state index is 0.0342. The number of nitrogens with one attached hydrogen (secondary N) is 1. The molecule has 0 radical (unpaired) electrons. The monoisotopic (exact) mass is 416 g/mol. The zero-order valence-corrected chi connectivity index (χ0v) is 16.6. The van der Waals surface area contributed by atoms with Gasteiger partial charge in [0.15, 0.2) is 5.82 Å². The quantitative estimate of drug-likeness (QED) is 0.523. The summed E-state index contributed by atoms with van der Waals surface area (Å²) < 4.78 is 41.9. The van der Waals surface area contributed by atoms with Crippen LogP contribution in [-0.2, 0) is 16.4 Å².